The first kappa shape index (κ1) is 18.3. The van der Waals surface area contributed by atoms with Gasteiger partial charge in [0.25, 0.3) is 5.91 Å². The summed E-state index contributed by atoms with van der Waals surface area (Å²) in [6.45, 7) is 4.48. The van der Waals surface area contributed by atoms with Crippen molar-refractivity contribution in [3.05, 3.63) is 89.2 Å². The van der Waals surface area contributed by atoms with Gasteiger partial charge in [0.15, 0.2) is 11.6 Å². The van der Waals surface area contributed by atoms with Crippen LogP contribution in [0.2, 0.25) is 0 Å². The Morgan fingerprint density at radius 1 is 0.867 bits per heavy atom. The minimum atomic E-state index is -0.138. The molecule has 0 saturated heterocycles. The number of benzene rings is 2. The molecule has 3 heterocycles. The summed E-state index contributed by atoms with van der Waals surface area (Å²) >= 11 is 0. The smallest absolute Gasteiger partial charge is 0.278 e. The molecular weight excluding hydrogens is 374 g/mol. The number of carbonyl (C=O) groups is 1. The number of aromatic nitrogens is 2. The number of fused-ring (bicyclic) bond motifs is 1. The molecule has 0 aliphatic carbocycles. The van der Waals surface area contributed by atoms with Gasteiger partial charge in [0.1, 0.15) is 5.69 Å². The van der Waals surface area contributed by atoms with Crippen molar-refractivity contribution in [3.63, 3.8) is 0 Å². The first-order valence-electron chi connectivity index (χ1n) is 10.0. The summed E-state index contributed by atoms with van der Waals surface area (Å²) in [6, 6.07) is 21.7. The molecule has 0 radical (unpaired) electrons. The Bertz CT molecular complexity index is 1230. The van der Waals surface area contributed by atoms with Gasteiger partial charge < -0.3 is 4.42 Å². The Balaban J connectivity index is 1.64. The van der Waals surface area contributed by atoms with Gasteiger partial charge >= 0.3 is 0 Å². The lowest BCUT2D eigenvalue weighted by Crippen LogP contribution is -2.39. The largest absolute Gasteiger partial charge is 0.434 e. The number of hydrogen-bond donors (Lipinski definition) is 0. The van der Waals surface area contributed by atoms with Crippen molar-refractivity contribution in [2.45, 2.75) is 20.3 Å². The molecule has 5 rings (SSSR count). The van der Waals surface area contributed by atoms with E-state index in [-0.39, 0.29) is 5.91 Å². The van der Waals surface area contributed by atoms with Crippen LogP contribution < -0.4 is 4.90 Å². The average Bonchev–Trinajstić information content (AvgIpc) is 3.21. The molecule has 1 amide bonds. The second kappa shape index (κ2) is 7.26. The number of rotatable bonds is 3. The Hall–Kier alpha value is -3.73. The average molecular weight is 395 g/mol. The zero-order chi connectivity index (χ0) is 20.7. The van der Waals surface area contributed by atoms with Gasteiger partial charge in [-0.3, -0.25) is 9.69 Å². The van der Waals surface area contributed by atoms with Gasteiger partial charge in [0, 0.05) is 23.4 Å². The van der Waals surface area contributed by atoms with Gasteiger partial charge in [-0.05, 0) is 44.0 Å². The molecule has 5 nitrogen and oxygen atoms in total. The number of oxazole rings is 1. The molecule has 1 aliphatic rings. The van der Waals surface area contributed by atoms with Crippen LogP contribution in [0.3, 0.4) is 0 Å². The van der Waals surface area contributed by atoms with Crippen LogP contribution in [0.15, 0.2) is 71.1 Å². The molecule has 0 atom stereocenters. The highest BCUT2D eigenvalue weighted by molar-refractivity contribution is 6.07. The van der Waals surface area contributed by atoms with Gasteiger partial charge in [-0.1, -0.05) is 54.1 Å². The van der Waals surface area contributed by atoms with E-state index in [0.29, 0.717) is 29.7 Å². The Kier molecular flexibility index (Phi) is 4.43. The number of anilines is 1. The van der Waals surface area contributed by atoms with Crippen LogP contribution in [-0.2, 0) is 6.42 Å². The molecule has 5 heteroatoms. The predicted molar refractivity (Wildman–Crippen MR) is 116 cm³/mol. The normalized spacial score (nSPS) is 13.4. The van der Waals surface area contributed by atoms with Crippen molar-refractivity contribution in [2.24, 2.45) is 0 Å². The highest BCUT2D eigenvalue weighted by Gasteiger charge is 2.32. The summed E-state index contributed by atoms with van der Waals surface area (Å²) in [4.78, 5) is 24.3. The van der Waals surface area contributed by atoms with Gasteiger partial charge in [-0.15, -0.1) is 0 Å². The molecular formula is C25H21N3O2. The molecule has 30 heavy (non-hydrogen) atoms. The number of aryl methyl sites for hydroxylation is 2. The number of pyridine rings is 1. The zero-order valence-corrected chi connectivity index (χ0v) is 16.9. The van der Waals surface area contributed by atoms with E-state index in [4.69, 9.17) is 9.40 Å². The van der Waals surface area contributed by atoms with E-state index in [2.05, 4.69) is 4.98 Å². The van der Waals surface area contributed by atoms with E-state index in [1.807, 2.05) is 80.6 Å². The summed E-state index contributed by atoms with van der Waals surface area (Å²) < 4.78 is 6.21. The molecule has 0 N–H and O–H groups in total. The topological polar surface area (TPSA) is 59.2 Å². The summed E-state index contributed by atoms with van der Waals surface area (Å²) in [6.07, 6.45) is 0.731. The second-order valence-electron chi connectivity index (χ2n) is 7.57. The Morgan fingerprint density at radius 2 is 1.63 bits per heavy atom. The van der Waals surface area contributed by atoms with E-state index in [1.165, 1.54) is 0 Å². The van der Waals surface area contributed by atoms with E-state index in [9.17, 15) is 4.79 Å². The van der Waals surface area contributed by atoms with Crippen LogP contribution in [0.1, 0.15) is 27.3 Å². The lowest BCUT2D eigenvalue weighted by atomic mass is 10.0. The summed E-state index contributed by atoms with van der Waals surface area (Å²) in [5, 5.41) is 0. The number of carbonyl (C=O) groups excluding carboxylic acids is 1. The highest BCUT2D eigenvalue weighted by atomic mass is 16.4. The lowest BCUT2D eigenvalue weighted by Gasteiger charge is -2.26. The fourth-order valence-electron chi connectivity index (χ4n) is 3.73. The van der Waals surface area contributed by atoms with Gasteiger partial charge in [-0.25, -0.2) is 4.98 Å². The van der Waals surface area contributed by atoms with E-state index in [1.54, 1.807) is 4.90 Å². The lowest BCUT2D eigenvalue weighted by molar-refractivity contribution is 0.0974. The van der Waals surface area contributed by atoms with Crippen LogP contribution in [0.4, 0.5) is 5.82 Å². The van der Waals surface area contributed by atoms with E-state index >= 15 is 0 Å². The first-order chi connectivity index (χ1) is 14.6. The summed E-state index contributed by atoms with van der Waals surface area (Å²) in [5.41, 5.74) is 5.22. The number of amides is 1. The van der Waals surface area contributed by atoms with Crippen LogP contribution in [0.25, 0.3) is 22.8 Å². The van der Waals surface area contributed by atoms with Crippen LogP contribution in [0.5, 0.6) is 0 Å². The van der Waals surface area contributed by atoms with Crippen molar-refractivity contribution in [3.8, 4) is 22.8 Å². The summed E-state index contributed by atoms with van der Waals surface area (Å²) in [5.74, 6) is 1.49. The summed E-state index contributed by atoms with van der Waals surface area (Å²) in [7, 11) is 0. The molecule has 4 aromatic rings. The molecule has 0 spiro atoms. The molecule has 1 aliphatic heterocycles. The van der Waals surface area contributed by atoms with Gasteiger partial charge in [0.05, 0.1) is 0 Å². The maximum atomic E-state index is 13.3. The van der Waals surface area contributed by atoms with Crippen molar-refractivity contribution in [2.75, 3.05) is 11.4 Å². The third-order valence-corrected chi connectivity index (χ3v) is 5.37. The van der Waals surface area contributed by atoms with Crippen LogP contribution >= 0.6 is 0 Å². The molecule has 0 unspecified atom stereocenters. The van der Waals surface area contributed by atoms with E-state index in [0.717, 1.165) is 34.4 Å². The quantitative estimate of drug-likeness (QED) is 0.477. The number of nitrogens with zero attached hydrogens (tertiary/aromatic N) is 3. The van der Waals surface area contributed by atoms with Crippen LogP contribution in [0, 0.1) is 13.8 Å². The fourth-order valence-corrected chi connectivity index (χ4v) is 3.73. The first-order valence-corrected chi connectivity index (χ1v) is 10.0. The Labute approximate surface area is 175 Å². The highest BCUT2D eigenvalue weighted by Crippen LogP contribution is 2.37. The number of hydrogen-bond acceptors (Lipinski definition) is 4. The minimum Gasteiger partial charge on any atom is -0.434 e. The standard InChI is InChI=1S/C25H21N3O2/c1-16-8-11-19(12-9-16)22-23(27-24(30-22)20-6-4-3-5-7-20)28-15-14-18-13-10-17(2)26-21(18)25(28)29/h3-13H,14-15H2,1-2H3. The van der Waals surface area contributed by atoms with E-state index < -0.39 is 0 Å². The minimum absolute atomic E-state index is 0.138. The third-order valence-electron chi connectivity index (χ3n) is 5.37. The third kappa shape index (κ3) is 3.18. The van der Waals surface area contributed by atoms with Gasteiger partial charge in [-0.2, -0.15) is 4.98 Å². The maximum Gasteiger partial charge on any atom is 0.278 e. The molecule has 0 bridgehead atoms. The van der Waals surface area contributed by atoms with Crippen molar-refractivity contribution < 1.29 is 9.21 Å². The fraction of sp³-hybridized carbons (Fsp3) is 0.160. The SMILES string of the molecule is Cc1ccc(-c2oc(-c3ccccc3)nc2N2CCc3ccc(C)nc3C2=O)cc1. The molecule has 0 saturated carbocycles. The molecule has 2 aromatic heterocycles. The van der Waals surface area contributed by atoms with Gasteiger partial charge in [0.2, 0.25) is 5.89 Å². The van der Waals surface area contributed by atoms with Crippen molar-refractivity contribution >= 4 is 11.7 Å². The molecule has 148 valence electrons. The molecule has 2 aromatic carbocycles. The maximum absolute atomic E-state index is 13.3. The Morgan fingerprint density at radius 3 is 2.40 bits per heavy atom. The van der Waals surface area contributed by atoms with Crippen LogP contribution in [-0.4, -0.2) is 22.4 Å². The predicted octanol–water partition coefficient (Wildman–Crippen LogP) is 5.22. The molecule has 0 fully saturated rings. The van der Waals surface area contributed by atoms with Crippen molar-refractivity contribution in [1.29, 1.82) is 0 Å². The van der Waals surface area contributed by atoms with Crippen molar-refractivity contribution in [1.82, 2.24) is 9.97 Å². The second-order valence-corrected chi connectivity index (χ2v) is 7.57. The zero-order valence-electron chi connectivity index (χ0n) is 16.9. The monoisotopic (exact) mass is 395 g/mol.